The second-order valence-electron chi connectivity index (χ2n) is 2.77. The maximum atomic E-state index is 5.93. The normalized spacial score (nSPS) is 10.7. The quantitative estimate of drug-likeness (QED) is 0.775. The highest BCUT2D eigenvalue weighted by atomic mass is 35.5. The van der Waals surface area contributed by atoms with Crippen molar-refractivity contribution in [3.8, 4) is 0 Å². The Labute approximate surface area is 89.5 Å². The van der Waals surface area contributed by atoms with E-state index in [0.29, 0.717) is 16.3 Å². The maximum absolute atomic E-state index is 5.93. The smallest absolute Gasteiger partial charge is 0.238 e. The number of aryl methyl sites for hydroxylation is 1. The summed E-state index contributed by atoms with van der Waals surface area (Å²) in [6.45, 7) is 0.450. The lowest BCUT2D eigenvalue weighted by Gasteiger charge is -1.96. The van der Waals surface area contributed by atoms with Crippen LogP contribution < -0.4 is 0 Å². The molecule has 2 aromatic heterocycles. The van der Waals surface area contributed by atoms with Gasteiger partial charge in [-0.1, -0.05) is 21.9 Å². The van der Waals surface area contributed by atoms with Crippen molar-refractivity contribution in [2.75, 3.05) is 0 Å². The first-order valence-corrected chi connectivity index (χ1v) is 4.61. The molecule has 6 nitrogen and oxygen atoms in total. The number of H-pyrrole nitrogens is 1. The lowest BCUT2D eigenvalue weighted by atomic mass is 10.4. The number of tetrazole rings is 1. The van der Waals surface area contributed by atoms with Gasteiger partial charge in [0.25, 0.3) is 0 Å². The van der Waals surface area contributed by atoms with Crippen LogP contribution in [0, 0.1) is 4.77 Å². The topological polar surface area (TPSA) is 64.3 Å². The summed E-state index contributed by atoms with van der Waals surface area (Å²) >= 11 is 10.8. The molecule has 0 saturated carbocycles. The van der Waals surface area contributed by atoms with E-state index in [1.54, 1.807) is 22.6 Å². The average Bonchev–Trinajstić information content (AvgIpc) is 2.62. The van der Waals surface area contributed by atoms with Gasteiger partial charge in [0.1, 0.15) is 5.69 Å². The Morgan fingerprint density at radius 1 is 1.64 bits per heavy atom. The van der Waals surface area contributed by atoms with E-state index < -0.39 is 0 Å². The molecule has 0 spiro atoms. The Balaban J connectivity index is 2.31. The minimum Gasteiger partial charge on any atom is -0.274 e. The fourth-order valence-corrected chi connectivity index (χ4v) is 1.47. The van der Waals surface area contributed by atoms with Crippen LogP contribution >= 0.6 is 23.8 Å². The Morgan fingerprint density at radius 2 is 2.43 bits per heavy atom. The van der Waals surface area contributed by atoms with Gasteiger partial charge in [0.2, 0.25) is 4.77 Å². The summed E-state index contributed by atoms with van der Waals surface area (Å²) in [6.07, 6.45) is 1.73. The molecule has 2 aromatic rings. The molecule has 2 rings (SSSR count). The molecule has 1 N–H and O–H groups in total. The van der Waals surface area contributed by atoms with Gasteiger partial charge in [-0.05, 0) is 12.2 Å². The van der Waals surface area contributed by atoms with Gasteiger partial charge in [0, 0.05) is 13.2 Å². The van der Waals surface area contributed by atoms with Gasteiger partial charge in [-0.3, -0.25) is 4.68 Å². The molecule has 0 saturated heterocycles. The standard InChI is InChI=1S/C6H7ClN6S/c1-12-2-4(7)5(9-12)3-13-6(14)8-10-11-13/h2H,3H2,1H3,(H,8,11,14). The molecule has 0 radical (unpaired) electrons. The van der Waals surface area contributed by atoms with Gasteiger partial charge in [0.15, 0.2) is 0 Å². The van der Waals surface area contributed by atoms with Crippen molar-refractivity contribution in [2.24, 2.45) is 7.05 Å². The largest absolute Gasteiger partial charge is 0.274 e. The summed E-state index contributed by atoms with van der Waals surface area (Å²) in [6, 6.07) is 0. The monoisotopic (exact) mass is 230 g/mol. The molecule has 0 aliphatic rings. The highest BCUT2D eigenvalue weighted by molar-refractivity contribution is 7.71. The Morgan fingerprint density at radius 3 is 2.93 bits per heavy atom. The van der Waals surface area contributed by atoms with Crippen LogP contribution in [-0.4, -0.2) is 30.0 Å². The van der Waals surface area contributed by atoms with Crippen LogP contribution in [0.15, 0.2) is 6.20 Å². The zero-order chi connectivity index (χ0) is 10.1. The number of nitrogens with zero attached hydrogens (tertiary/aromatic N) is 5. The fraction of sp³-hybridized carbons (Fsp3) is 0.333. The van der Waals surface area contributed by atoms with Crippen LogP contribution in [0.25, 0.3) is 0 Å². The number of hydrogen-bond donors (Lipinski definition) is 1. The van der Waals surface area contributed by atoms with E-state index in [9.17, 15) is 0 Å². The van der Waals surface area contributed by atoms with Crippen LogP contribution in [-0.2, 0) is 13.6 Å². The molecule has 0 fully saturated rings. The van der Waals surface area contributed by atoms with Crippen molar-refractivity contribution >= 4 is 23.8 Å². The Kier molecular flexibility index (Phi) is 2.34. The van der Waals surface area contributed by atoms with Crippen molar-refractivity contribution in [1.82, 2.24) is 30.0 Å². The number of hydrogen-bond acceptors (Lipinski definition) is 4. The van der Waals surface area contributed by atoms with Crippen molar-refractivity contribution in [1.29, 1.82) is 0 Å². The number of aromatic amines is 1. The van der Waals surface area contributed by atoms with Crippen LogP contribution in [0.4, 0.5) is 0 Å². The molecule has 0 aliphatic heterocycles. The molecule has 14 heavy (non-hydrogen) atoms. The Bertz CT molecular complexity index is 496. The van der Waals surface area contributed by atoms with Gasteiger partial charge < -0.3 is 0 Å². The third-order valence-corrected chi connectivity index (χ3v) is 2.31. The molecule has 8 heteroatoms. The maximum Gasteiger partial charge on any atom is 0.238 e. The first-order valence-electron chi connectivity index (χ1n) is 3.83. The van der Waals surface area contributed by atoms with Gasteiger partial charge >= 0.3 is 0 Å². The van der Waals surface area contributed by atoms with Crippen molar-refractivity contribution in [3.05, 3.63) is 21.7 Å². The number of halogens is 1. The predicted molar refractivity (Wildman–Crippen MR) is 52.5 cm³/mol. The van der Waals surface area contributed by atoms with Gasteiger partial charge in [-0.2, -0.15) is 10.3 Å². The molecule has 0 atom stereocenters. The summed E-state index contributed by atoms with van der Waals surface area (Å²) in [5.41, 5.74) is 0.733. The minimum atomic E-state index is 0.381. The van der Waals surface area contributed by atoms with Gasteiger partial charge in [-0.15, -0.1) is 0 Å². The number of nitrogens with one attached hydrogen (secondary N) is 1. The zero-order valence-electron chi connectivity index (χ0n) is 7.31. The van der Waals surface area contributed by atoms with E-state index >= 15 is 0 Å². The number of aromatic nitrogens is 6. The number of rotatable bonds is 2. The molecular formula is C6H7ClN6S. The van der Waals surface area contributed by atoms with E-state index in [-0.39, 0.29) is 0 Å². The second kappa shape index (κ2) is 3.50. The third kappa shape index (κ3) is 1.68. The van der Waals surface area contributed by atoms with Crippen molar-refractivity contribution in [2.45, 2.75) is 6.54 Å². The van der Waals surface area contributed by atoms with Crippen LogP contribution in [0.2, 0.25) is 5.02 Å². The molecule has 0 amide bonds. The van der Waals surface area contributed by atoms with E-state index in [1.165, 1.54) is 0 Å². The van der Waals surface area contributed by atoms with E-state index in [4.69, 9.17) is 23.8 Å². The molecule has 2 heterocycles. The van der Waals surface area contributed by atoms with Crippen LogP contribution in [0.3, 0.4) is 0 Å². The summed E-state index contributed by atoms with van der Waals surface area (Å²) < 4.78 is 3.61. The SMILES string of the molecule is Cn1cc(Cl)c(Cn2[nH]nnc2=S)n1. The van der Waals surface area contributed by atoms with Crippen LogP contribution in [0.1, 0.15) is 5.69 Å². The summed E-state index contributed by atoms with van der Waals surface area (Å²) in [7, 11) is 1.81. The fourth-order valence-electron chi connectivity index (χ4n) is 1.08. The summed E-state index contributed by atoms with van der Waals surface area (Å²) in [5, 5.41) is 14.6. The lowest BCUT2D eigenvalue weighted by molar-refractivity contribution is 0.618. The minimum absolute atomic E-state index is 0.381. The highest BCUT2D eigenvalue weighted by Crippen LogP contribution is 2.13. The van der Waals surface area contributed by atoms with Gasteiger partial charge in [-0.25, -0.2) is 4.68 Å². The molecule has 0 bridgehead atoms. The first kappa shape index (κ1) is 9.35. The van der Waals surface area contributed by atoms with E-state index in [1.807, 2.05) is 0 Å². The van der Waals surface area contributed by atoms with Crippen molar-refractivity contribution < 1.29 is 0 Å². The first-order chi connectivity index (χ1) is 6.66. The zero-order valence-corrected chi connectivity index (χ0v) is 8.88. The summed E-state index contributed by atoms with van der Waals surface area (Å²) in [5.74, 6) is 0. The molecule has 0 aliphatic carbocycles. The van der Waals surface area contributed by atoms with Gasteiger partial charge in [0.05, 0.1) is 11.6 Å². The summed E-state index contributed by atoms with van der Waals surface area (Å²) in [4.78, 5) is 0. The molecule has 0 aromatic carbocycles. The molecule has 74 valence electrons. The Hall–Kier alpha value is -1.21. The van der Waals surface area contributed by atoms with E-state index in [2.05, 4.69) is 20.6 Å². The third-order valence-electron chi connectivity index (χ3n) is 1.69. The van der Waals surface area contributed by atoms with E-state index in [0.717, 1.165) is 5.69 Å². The molecule has 0 unspecified atom stereocenters. The van der Waals surface area contributed by atoms with Crippen LogP contribution in [0.5, 0.6) is 0 Å². The highest BCUT2D eigenvalue weighted by Gasteiger charge is 2.06. The molecular weight excluding hydrogens is 224 g/mol. The second-order valence-corrected chi connectivity index (χ2v) is 3.54. The predicted octanol–water partition coefficient (Wildman–Crippen LogP) is 0.771. The van der Waals surface area contributed by atoms with Crippen molar-refractivity contribution in [3.63, 3.8) is 0 Å². The lowest BCUT2D eigenvalue weighted by Crippen LogP contribution is -2.03. The average molecular weight is 231 g/mol.